The van der Waals surface area contributed by atoms with Crippen molar-refractivity contribution >= 4 is 29.8 Å². The van der Waals surface area contributed by atoms with Crippen LogP contribution < -0.4 is 0 Å². The monoisotopic (exact) mass is 388 g/mol. The van der Waals surface area contributed by atoms with E-state index in [0.717, 1.165) is 23.5 Å². The highest BCUT2D eigenvalue weighted by molar-refractivity contribution is 6.30. The number of hydrazone groups is 1. The quantitative estimate of drug-likeness (QED) is 0.539. The Morgan fingerprint density at radius 3 is 2.63 bits per heavy atom. The van der Waals surface area contributed by atoms with Crippen molar-refractivity contribution < 1.29 is 14.0 Å². The molecule has 1 fully saturated rings. The largest absolute Gasteiger partial charge is 0.455 e. The second kappa shape index (κ2) is 8.37. The van der Waals surface area contributed by atoms with Gasteiger partial charge in [-0.05, 0) is 63.5 Å². The normalized spacial score (nSPS) is 15.0. The first kappa shape index (κ1) is 19.1. The van der Waals surface area contributed by atoms with Gasteiger partial charge in [0.1, 0.15) is 18.1 Å². The molecule has 3 rings (SSSR count). The zero-order chi connectivity index (χ0) is 19.4. The molecular weight excluding hydrogens is 368 g/mol. The van der Waals surface area contributed by atoms with Crippen molar-refractivity contribution in [3.63, 3.8) is 0 Å². The molecule has 1 aromatic heterocycles. The fourth-order valence-electron chi connectivity index (χ4n) is 2.70. The lowest BCUT2D eigenvalue weighted by molar-refractivity contribution is -0.125. The minimum atomic E-state index is -0.403. The summed E-state index contributed by atoms with van der Waals surface area (Å²) in [5.41, 5.74) is 0.888. The van der Waals surface area contributed by atoms with Crippen LogP contribution in [-0.2, 0) is 4.79 Å². The topological polar surface area (TPSA) is 69.4 Å². The van der Waals surface area contributed by atoms with Gasteiger partial charge in [-0.15, -0.1) is 0 Å². The Kier molecular flexibility index (Phi) is 5.93. The lowest BCUT2D eigenvalue weighted by atomic mass is 10.2. The third-order valence-electron chi connectivity index (χ3n) is 4.10. The molecule has 2 heterocycles. The summed E-state index contributed by atoms with van der Waals surface area (Å²) < 4.78 is 5.72. The van der Waals surface area contributed by atoms with E-state index in [-0.39, 0.29) is 12.5 Å². The van der Waals surface area contributed by atoms with Gasteiger partial charge in [-0.2, -0.15) is 5.10 Å². The number of carbonyl (C=O) groups excluding carboxylic acids is 2. The molecule has 0 spiro atoms. The number of urea groups is 1. The highest BCUT2D eigenvalue weighted by Crippen LogP contribution is 2.23. The number of carbonyl (C=O) groups is 2. The van der Waals surface area contributed by atoms with Crippen molar-refractivity contribution in [2.45, 2.75) is 6.42 Å². The number of imide groups is 1. The molecule has 0 radical (unpaired) electrons. The minimum Gasteiger partial charge on any atom is -0.455 e. The Morgan fingerprint density at radius 1 is 1.19 bits per heavy atom. The Labute approximate surface area is 162 Å². The molecule has 27 heavy (non-hydrogen) atoms. The van der Waals surface area contributed by atoms with Crippen LogP contribution in [0.1, 0.15) is 12.2 Å². The smallest absolute Gasteiger partial charge is 0.347 e. The average Bonchev–Trinajstić information content (AvgIpc) is 3.20. The third kappa shape index (κ3) is 4.75. The van der Waals surface area contributed by atoms with E-state index >= 15 is 0 Å². The molecule has 1 aliphatic heterocycles. The van der Waals surface area contributed by atoms with Gasteiger partial charge in [-0.25, -0.2) is 9.80 Å². The molecule has 0 saturated carbocycles. The van der Waals surface area contributed by atoms with Gasteiger partial charge in [0.25, 0.3) is 5.91 Å². The predicted octanol–water partition coefficient (Wildman–Crippen LogP) is 3.15. The van der Waals surface area contributed by atoms with E-state index in [2.05, 4.69) is 5.10 Å². The van der Waals surface area contributed by atoms with Crippen LogP contribution in [0.25, 0.3) is 11.3 Å². The summed E-state index contributed by atoms with van der Waals surface area (Å²) in [7, 11) is 3.90. The summed E-state index contributed by atoms with van der Waals surface area (Å²) in [6.45, 7) is 1.14. The number of benzene rings is 1. The number of halogens is 1. The SMILES string of the molecule is CN(C)CCCN1C(=O)CN(N=Cc2ccc(-c3ccc(Cl)cc3)o2)C1=O. The Hall–Kier alpha value is -2.64. The lowest BCUT2D eigenvalue weighted by Crippen LogP contribution is -2.33. The molecule has 1 aliphatic rings. The molecule has 142 valence electrons. The fraction of sp³-hybridized carbons (Fsp3) is 0.316. The summed E-state index contributed by atoms with van der Waals surface area (Å²) in [5, 5.41) is 5.92. The summed E-state index contributed by atoms with van der Waals surface area (Å²) in [6, 6.07) is 10.4. The van der Waals surface area contributed by atoms with Gasteiger partial charge in [-0.3, -0.25) is 9.69 Å². The predicted molar refractivity (Wildman–Crippen MR) is 104 cm³/mol. The van der Waals surface area contributed by atoms with Gasteiger partial charge in [0.2, 0.25) is 0 Å². The van der Waals surface area contributed by atoms with Crippen LogP contribution in [0.15, 0.2) is 45.9 Å². The average molecular weight is 389 g/mol. The zero-order valence-electron chi connectivity index (χ0n) is 15.3. The molecule has 8 heteroatoms. The molecule has 7 nitrogen and oxygen atoms in total. The van der Waals surface area contributed by atoms with E-state index in [1.54, 1.807) is 18.2 Å². The number of nitrogens with zero attached hydrogens (tertiary/aromatic N) is 4. The summed E-state index contributed by atoms with van der Waals surface area (Å²) in [5.74, 6) is 0.922. The molecule has 3 amide bonds. The van der Waals surface area contributed by atoms with Crippen molar-refractivity contribution in [2.24, 2.45) is 5.10 Å². The first-order chi connectivity index (χ1) is 12.9. The Morgan fingerprint density at radius 2 is 1.93 bits per heavy atom. The Bertz CT molecular complexity index is 845. The standard InChI is InChI=1S/C19H21ClN4O3/c1-22(2)10-3-11-23-18(25)13-24(19(23)26)21-12-16-8-9-17(27-16)14-4-6-15(20)7-5-14/h4-9,12H,3,10-11,13H2,1-2H3. The van der Waals surface area contributed by atoms with E-state index in [1.807, 2.05) is 37.2 Å². The second-order valence-electron chi connectivity index (χ2n) is 6.50. The van der Waals surface area contributed by atoms with E-state index in [1.165, 1.54) is 11.1 Å². The summed E-state index contributed by atoms with van der Waals surface area (Å²) >= 11 is 5.89. The highest BCUT2D eigenvalue weighted by Gasteiger charge is 2.35. The van der Waals surface area contributed by atoms with Gasteiger partial charge in [0.05, 0.1) is 6.21 Å². The number of rotatable bonds is 7. The summed E-state index contributed by atoms with van der Waals surface area (Å²) in [4.78, 5) is 27.6. The van der Waals surface area contributed by atoms with Gasteiger partial charge in [0.15, 0.2) is 0 Å². The number of hydrogen-bond acceptors (Lipinski definition) is 5. The lowest BCUT2D eigenvalue weighted by Gasteiger charge is -2.15. The van der Waals surface area contributed by atoms with Crippen LogP contribution in [0.3, 0.4) is 0 Å². The third-order valence-corrected chi connectivity index (χ3v) is 4.36. The van der Waals surface area contributed by atoms with Gasteiger partial charge in [0, 0.05) is 17.1 Å². The van der Waals surface area contributed by atoms with Crippen LogP contribution in [-0.4, -0.2) is 66.7 Å². The fourth-order valence-corrected chi connectivity index (χ4v) is 2.83. The number of hydrogen-bond donors (Lipinski definition) is 0. The van der Waals surface area contributed by atoms with Crippen molar-refractivity contribution in [3.8, 4) is 11.3 Å². The molecule has 0 atom stereocenters. The van der Waals surface area contributed by atoms with Crippen LogP contribution in [0.5, 0.6) is 0 Å². The highest BCUT2D eigenvalue weighted by atomic mass is 35.5. The zero-order valence-corrected chi connectivity index (χ0v) is 16.0. The maximum atomic E-state index is 12.3. The molecule has 2 aromatic rings. The van der Waals surface area contributed by atoms with Crippen molar-refractivity contribution in [1.29, 1.82) is 0 Å². The molecule has 0 aliphatic carbocycles. The van der Waals surface area contributed by atoms with Crippen LogP contribution in [0.4, 0.5) is 4.79 Å². The van der Waals surface area contributed by atoms with Crippen molar-refractivity contribution in [1.82, 2.24) is 14.8 Å². The maximum absolute atomic E-state index is 12.3. The molecule has 1 aromatic carbocycles. The first-order valence-corrected chi connectivity index (χ1v) is 8.98. The van der Waals surface area contributed by atoms with E-state index in [0.29, 0.717) is 23.1 Å². The Balaban J connectivity index is 1.62. The molecule has 0 unspecified atom stereocenters. The number of furan rings is 1. The maximum Gasteiger partial charge on any atom is 0.347 e. The van der Waals surface area contributed by atoms with Crippen molar-refractivity contribution in [2.75, 3.05) is 33.7 Å². The number of amides is 3. The molecular formula is C19H21ClN4O3. The minimum absolute atomic E-state index is 0.0535. The first-order valence-electron chi connectivity index (χ1n) is 8.60. The molecule has 0 bridgehead atoms. The molecule has 1 saturated heterocycles. The summed E-state index contributed by atoms with van der Waals surface area (Å²) in [6.07, 6.45) is 2.17. The second-order valence-corrected chi connectivity index (χ2v) is 6.93. The van der Waals surface area contributed by atoms with E-state index in [9.17, 15) is 9.59 Å². The van der Waals surface area contributed by atoms with Crippen molar-refractivity contribution in [3.05, 3.63) is 47.2 Å². The van der Waals surface area contributed by atoms with Crippen LogP contribution in [0.2, 0.25) is 5.02 Å². The van der Waals surface area contributed by atoms with Gasteiger partial charge < -0.3 is 9.32 Å². The van der Waals surface area contributed by atoms with E-state index in [4.69, 9.17) is 16.0 Å². The van der Waals surface area contributed by atoms with E-state index < -0.39 is 6.03 Å². The van der Waals surface area contributed by atoms with Crippen LogP contribution >= 0.6 is 11.6 Å². The van der Waals surface area contributed by atoms with Gasteiger partial charge in [-0.1, -0.05) is 11.6 Å². The molecule has 0 N–H and O–H groups in total. The van der Waals surface area contributed by atoms with Gasteiger partial charge >= 0.3 is 6.03 Å². The van der Waals surface area contributed by atoms with Crippen LogP contribution in [0, 0.1) is 0 Å².